The molecule has 0 heterocycles. The van der Waals surface area contributed by atoms with Crippen LogP contribution in [0.2, 0.25) is 0 Å². The van der Waals surface area contributed by atoms with Crippen LogP contribution in [0.15, 0.2) is 30.3 Å². The number of carboxylic acid groups (broad SMARTS) is 1. The summed E-state index contributed by atoms with van der Waals surface area (Å²) in [6.45, 7) is 0. The van der Waals surface area contributed by atoms with Crippen LogP contribution < -0.4 is 5.73 Å². The van der Waals surface area contributed by atoms with E-state index in [0.29, 0.717) is 0 Å². The van der Waals surface area contributed by atoms with Gasteiger partial charge in [-0.25, -0.2) is 5.73 Å². The van der Waals surface area contributed by atoms with Crippen molar-refractivity contribution in [2.75, 3.05) is 0 Å². The van der Waals surface area contributed by atoms with Crippen molar-refractivity contribution in [1.29, 1.82) is 0 Å². The summed E-state index contributed by atoms with van der Waals surface area (Å²) in [4.78, 5) is 10.3. The fourth-order valence-corrected chi connectivity index (χ4v) is 0.937. The molecule has 3 heteroatoms. The number of nitrogens with one attached hydrogen (secondary N) is 1. The first-order valence-corrected chi connectivity index (χ1v) is 3.68. The Balaban J connectivity index is 2.58. The van der Waals surface area contributed by atoms with Gasteiger partial charge in [0.1, 0.15) is 6.04 Å². The normalized spacial score (nSPS) is 12.4. The molecule has 1 radical (unpaired) electrons. The first-order chi connectivity index (χ1) is 5.70. The summed E-state index contributed by atoms with van der Waals surface area (Å²) in [5.41, 5.74) is 8.05. The van der Waals surface area contributed by atoms with Crippen molar-refractivity contribution in [2.24, 2.45) is 0 Å². The van der Waals surface area contributed by atoms with E-state index in [-0.39, 0.29) is 6.42 Å². The Bertz CT molecular complexity index is 258. The minimum atomic E-state index is -1.07. The third-order valence-corrected chi connectivity index (χ3v) is 1.58. The topological polar surface area (TPSA) is 61.1 Å². The maximum Gasteiger partial charge on any atom is 0.322 e. The summed E-state index contributed by atoms with van der Waals surface area (Å²) in [6.07, 6.45) is 0.274. The number of carbonyl (C=O) groups is 1. The van der Waals surface area contributed by atoms with E-state index in [1.165, 1.54) is 0 Å². The van der Waals surface area contributed by atoms with Gasteiger partial charge in [-0.3, -0.25) is 4.79 Å². The number of hydrogen-bond donors (Lipinski definition) is 1. The Kier molecular flexibility index (Phi) is 2.82. The molecule has 1 atom stereocenters. The van der Waals surface area contributed by atoms with Gasteiger partial charge in [0.2, 0.25) is 0 Å². The Morgan fingerprint density at radius 3 is 2.50 bits per heavy atom. The molecule has 0 fully saturated rings. The molecule has 0 aromatic heterocycles. The molecule has 0 aliphatic heterocycles. The minimum Gasteiger partial charge on any atom is -0.480 e. The molecule has 0 aliphatic carbocycles. The van der Waals surface area contributed by atoms with Crippen LogP contribution in [0.25, 0.3) is 0 Å². The number of hydrogen-bond acceptors (Lipinski definition) is 1. The largest absolute Gasteiger partial charge is 0.480 e. The molecule has 1 unspecified atom stereocenters. The zero-order valence-corrected chi connectivity index (χ0v) is 6.53. The van der Waals surface area contributed by atoms with E-state index in [1.54, 1.807) is 0 Å². The van der Waals surface area contributed by atoms with Gasteiger partial charge in [0, 0.05) is 0 Å². The second-order valence-electron chi connectivity index (χ2n) is 2.58. The first kappa shape index (κ1) is 8.74. The number of rotatable bonds is 3. The van der Waals surface area contributed by atoms with Crippen molar-refractivity contribution in [3.63, 3.8) is 0 Å². The highest BCUT2D eigenvalue weighted by Crippen LogP contribution is 2.02. The van der Waals surface area contributed by atoms with Crippen LogP contribution in [0, 0.1) is 0 Å². The molecular formula is C9H10NO2. The van der Waals surface area contributed by atoms with Gasteiger partial charge in [-0.15, -0.1) is 0 Å². The molecule has 1 aromatic carbocycles. The molecule has 1 rings (SSSR count). The summed E-state index contributed by atoms with van der Waals surface area (Å²) in [5, 5.41) is 8.46. The lowest BCUT2D eigenvalue weighted by Crippen LogP contribution is -2.23. The van der Waals surface area contributed by atoms with Crippen LogP contribution >= 0.6 is 0 Å². The highest BCUT2D eigenvalue weighted by Gasteiger charge is 2.11. The quantitative estimate of drug-likeness (QED) is 0.723. The summed E-state index contributed by atoms with van der Waals surface area (Å²) in [7, 11) is 0. The number of aliphatic carboxylic acids is 1. The van der Waals surface area contributed by atoms with E-state index >= 15 is 0 Å². The Morgan fingerprint density at radius 1 is 1.42 bits per heavy atom. The lowest BCUT2D eigenvalue weighted by atomic mass is 10.1. The molecule has 3 nitrogen and oxygen atoms in total. The molecule has 0 aliphatic rings. The Labute approximate surface area is 70.8 Å². The van der Waals surface area contributed by atoms with Crippen LogP contribution in [0.3, 0.4) is 0 Å². The van der Waals surface area contributed by atoms with Gasteiger partial charge in [0.05, 0.1) is 0 Å². The van der Waals surface area contributed by atoms with E-state index < -0.39 is 12.0 Å². The first-order valence-electron chi connectivity index (χ1n) is 3.68. The zero-order valence-electron chi connectivity index (χ0n) is 6.53. The summed E-state index contributed by atoms with van der Waals surface area (Å²) >= 11 is 0. The molecule has 12 heavy (non-hydrogen) atoms. The highest BCUT2D eigenvalue weighted by atomic mass is 16.4. The molecule has 63 valence electrons. The van der Waals surface area contributed by atoms with Gasteiger partial charge in [-0.2, -0.15) is 0 Å². The average Bonchev–Trinajstić information content (AvgIpc) is 2.06. The van der Waals surface area contributed by atoms with E-state index in [2.05, 4.69) is 0 Å². The third-order valence-electron chi connectivity index (χ3n) is 1.58. The molecule has 0 saturated heterocycles. The predicted molar refractivity (Wildman–Crippen MR) is 44.7 cm³/mol. The number of carboxylic acids is 1. The second-order valence-corrected chi connectivity index (χ2v) is 2.58. The van der Waals surface area contributed by atoms with Gasteiger partial charge >= 0.3 is 5.97 Å². The van der Waals surface area contributed by atoms with Gasteiger partial charge in [0.25, 0.3) is 0 Å². The van der Waals surface area contributed by atoms with Crippen LogP contribution in [-0.4, -0.2) is 17.1 Å². The predicted octanol–water partition coefficient (Wildman–Crippen LogP) is 0.965. The van der Waals surface area contributed by atoms with E-state index in [1.807, 2.05) is 30.3 Å². The molecule has 1 aromatic rings. The van der Waals surface area contributed by atoms with Gasteiger partial charge in [0.15, 0.2) is 0 Å². The lowest BCUT2D eigenvalue weighted by Gasteiger charge is -2.03. The van der Waals surface area contributed by atoms with Crippen molar-refractivity contribution in [3.05, 3.63) is 35.9 Å². The number of benzene rings is 1. The Morgan fingerprint density at radius 2 is 2.00 bits per heavy atom. The molecule has 0 bridgehead atoms. The molecule has 0 saturated carbocycles. The standard InChI is InChI=1S/C9H10NO2/c10-8(9(11)12)6-7-4-2-1-3-5-7/h1-5,8,10H,6H2,(H,11,12). The molecule has 2 N–H and O–H groups in total. The van der Waals surface area contributed by atoms with Gasteiger partial charge in [-0.1, -0.05) is 30.3 Å². The van der Waals surface area contributed by atoms with Crippen LogP contribution in [0.5, 0.6) is 0 Å². The fourth-order valence-electron chi connectivity index (χ4n) is 0.937. The SMILES string of the molecule is [NH]C(Cc1ccccc1)C(=O)O. The maximum atomic E-state index is 10.3. The monoisotopic (exact) mass is 164 g/mol. The molecule has 0 amide bonds. The maximum absolute atomic E-state index is 10.3. The van der Waals surface area contributed by atoms with Crippen LogP contribution in [0.4, 0.5) is 0 Å². The van der Waals surface area contributed by atoms with Crippen molar-refractivity contribution in [1.82, 2.24) is 5.73 Å². The van der Waals surface area contributed by atoms with Crippen molar-refractivity contribution in [3.8, 4) is 0 Å². The van der Waals surface area contributed by atoms with E-state index in [9.17, 15) is 4.79 Å². The van der Waals surface area contributed by atoms with Gasteiger partial charge < -0.3 is 5.11 Å². The zero-order chi connectivity index (χ0) is 8.97. The van der Waals surface area contributed by atoms with Crippen LogP contribution in [0.1, 0.15) is 5.56 Å². The summed E-state index contributed by atoms with van der Waals surface area (Å²) in [6, 6.07) is 8.14. The second kappa shape index (κ2) is 3.88. The fraction of sp³-hybridized carbons (Fsp3) is 0.222. The molecular weight excluding hydrogens is 154 g/mol. The average molecular weight is 164 g/mol. The van der Waals surface area contributed by atoms with E-state index in [4.69, 9.17) is 10.8 Å². The minimum absolute atomic E-state index is 0.274. The van der Waals surface area contributed by atoms with E-state index in [0.717, 1.165) is 5.56 Å². The lowest BCUT2D eigenvalue weighted by molar-refractivity contribution is -0.138. The Hall–Kier alpha value is -1.35. The smallest absolute Gasteiger partial charge is 0.322 e. The highest BCUT2D eigenvalue weighted by molar-refractivity contribution is 5.73. The summed E-state index contributed by atoms with van der Waals surface area (Å²) in [5.74, 6) is -1.07. The third kappa shape index (κ3) is 2.36. The van der Waals surface area contributed by atoms with Crippen molar-refractivity contribution >= 4 is 5.97 Å². The van der Waals surface area contributed by atoms with Gasteiger partial charge in [-0.05, 0) is 12.0 Å². The van der Waals surface area contributed by atoms with Crippen molar-refractivity contribution < 1.29 is 9.90 Å². The van der Waals surface area contributed by atoms with Crippen LogP contribution in [-0.2, 0) is 11.2 Å². The molecule has 0 spiro atoms. The summed E-state index contributed by atoms with van der Waals surface area (Å²) < 4.78 is 0. The van der Waals surface area contributed by atoms with Crippen molar-refractivity contribution in [2.45, 2.75) is 12.5 Å².